The molecule has 0 saturated carbocycles. The molecule has 0 aromatic heterocycles. The molecule has 0 radical (unpaired) electrons. The van der Waals surface area contributed by atoms with E-state index in [1.54, 1.807) is 0 Å². The number of carbonyl (C=O) groups excluding carboxylic acids is 1. The summed E-state index contributed by atoms with van der Waals surface area (Å²) < 4.78 is 5.51. The fourth-order valence-corrected chi connectivity index (χ4v) is 1.31. The van der Waals surface area contributed by atoms with Crippen molar-refractivity contribution in [1.82, 2.24) is 0 Å². The van der Waals surface area contributed by atoms with Crippen LogP contribution in [0.25, 0.3) is 0 Å². The second-order valence-corrected chi connectivity index (χ2v) is 3.95. The zero-order valence-corrected chi connectivity index (χ0v) is 9.14. The highest BCUT2D eigenvalue weighted by molar-refractivity contribution is 5.79. The largest absolute Gasteiger partial charge is 0.481 e. The van der Waals surface area contributed by atoms with Crippen LogP contribution >= 0.6 is 0 Å². The second-order valence-electron chi connectivity index (χ2n) is 3.95. The van der Waals surface area contributed by atoms with Crippen LogP contribution in [-0.2, 0) is 4.79 Å². The lowest BCUT2D eigenvalue weighted by molar-refractivity contribution is -0.125. The highest BCUT2D eigenvalue weighted by Gasteiger charge is 2.18. The Morgan fingerprint density at radius 2 is 1.93 bits per heavy atom. The van der Waals surface area contributed by atoms with Crippen LogP contribution < -0.4 is 10.5 Å². The van der Waals surface area contributed by atoms with E-state index in [1.165, 1.54) is 0 Å². The van der Waals surface area contributed by atoms with Crippen molar-refractivity contribution in [1.29, 1.82) is 0 Å². The summed E-state index contributed by atoms with van der Waals surface area (Å²) in [6.07, 6.45) is 0.108. The first kappa shape index (κ1) is 11.6. The van der Waals surface area contributed by atoms with Gasteiger partial charge in [-0.3, -0.25) is 4.79 Å². The van der Waals surface area contributed by atoms with Crippen molar-refractivity contribution < 1.29 is 9.53 Å². The predicted octanol–water partition coefficient (Wildman–Crippen LogP) is 1.97. The zero-order valence-electron chi connectivity index (χ0n) is 9.14. The number of amides is 1. The summed E-state index contributed by atoms with van der Waals surface area (Å²) in [6, 6.07) is 9.26. The molecule has 1 amide bonds. The van der Waals surface area contributed by atoms with E-state index < -0.39 is 12.0 Å². The van der Waals surface area contributed by atoms with Gasteiger partial charge in [-0.25, -0.2) is 0 Å². The molecule has 0 aliphatic rings. The zero-order chi connectivity index (χ0) is 11.3. The number of para-hydroxylation sites is 1. The first-order valence-corrected chi connectivity index (χ1v) is 5.10. The molecule has 1 aromatic carbocycles. The maximum atomic E-state index is 11.1. The van der Waals surface area contributed by atoms with E-state index in [2.05, 4.69) is 0 Å². The first-order valence-electron chi connectivity index (χ1n) is 5.10. The lowest BCUT2D eigenvalue weighted by Crippen LogP contribution is -2.34. The van der Waals surface area contributed by atoms with Crippen molar-refractivity contribution in [2.75, 3.05) is 0 Å². The van der Waals surface area contributed by atoms with Crippen molar-refractivity contribution in [3.05, 3.63) is 30.3 Å². The SMILES string of the molecule is CC(C)CC(Oc1ccccc1)C(N)=O. The van der Waals surface area contributed by atoms with E-state index in [0.717, 1.165) is 0 Å². The molecule has 0 heterocycles. The lowest BCUT2D eigenvalue weighted by atomic mass is 10.1. The molecule has 0 fully saturated rings. The van der Waals surface area contributed by atoms with Gasteiger partial charge in [0.15, 0.2) is 6.10 Å². The van der Waals surface area contributed by atoms with E-state index in [4.69, 9.17) is 10.5 Å². The maximum Gasteiger partial charge on any atom is 0.258 e. The Bertz CT molecular complexity index is 309. The summed E-state index contributed by atoms with van der Waals surface area (Å²) in [5.41, 5.74) is 5.27. The molecule has 2 N–H and O–H groups in total. The number of carbonyl (C=O) groups is 1. The number of hydrogen-bond donors (Lipinski definition) is 1. The topological polar surface area (TPSA) is 52.3 Å². The Labute approximate surface area is 90.2 Å². The summed E-state index contributed by atoms with van der Waals surface area (Å²) >= 11 is 0. The summed E-state index contributed by atoms with van der Waals surface area (Å²) in [4.78, 5) is 11.1. The van der Waals surface area contributed by atoms with Crippen LogP contribution in [0.3, 0.4) is 0 Å². The molecule has 1 aromatic rings. The van der Waals surface area contributed by atoms with Gasteiger partial charge in [-0.15, -0.1) is 0 Å². The van der Waals surface area contributed by atoms with Crippen LogP contribution in [0.2, 0.25) is 0 Å². The van der Waals surface area contributed by atoms with Crippen molar-refractivity contribution >= 4 is 5.91 Å². The first-order chi connectivity index (χ1) is 7.09. The molecule has 15 heavy (non-hydrogen) atoms. The molecule has 0 spiro atoms. The summed E-state index contributed by atoms with van der Waals surface area (Å²) in [5, 5.41) is 0. The third-order valence-electron chi connectivity index (χ3n) is 2.02. The summed E-state index contributed by atoms with van der Waals surface area (Å²) in [7, 11) is 0. The fraction of sp³-hybridized carbons (Fsp3) is 0.417. The maximum absolute atomic E-state index is 11.1. The molecular formula is C12H17NO2. The number of nitrogens with two attached hydrogens (primary N) is 1. The molecule has 0 saturated heterocycles. The Morgan fingerprint density at radius 3 is 2.40 bits per heavy atom. The van der Waals surface area contributed by atoms with Gasteiger partial charge in [0.05, 0.1) is 0 Å². The van der Waals surface area contributed by atoms with Gasteiger partial charge in [0.25, 0.3) is 5.91 Å². The van der Waals surface area contributed by atoms with Gasteiger partial charge in [0.2, 0.25) is 0 Å². The number of rotatable bonds is 5. The van der Waals surface area contributed by atoms with Crippen LogP contribution in [0.4, 0.5) is 0 Å². The Morgan fingerprint density at radius 1 is 1.33 bits per heavy atom. The van der Waals surface area contributed by atoms with Crippen molar-refractivity contribution in [3.63, 3.8) is 0 Å². The van der Waals surface area contributed by atoms with Crippen molar-refractivity contribution in [2.24, 2.45) is 11.7 Å². The van der Waals surface area contributed by atoms with Crippen molar-refractivity contribution in [2.45, 2.75) is 26.4 Å². The fourth-order valence-electron chi connectivity index (χ4n) is 1.31. The Kier molecular flexibility index (Phi) is 4.16. The van der Waals surface area contributed by atoms with Crippen LogP contribution in [0.1, 0.15) is 20.3 Å². The Hall–Kier alpha value is -1.51. The molecule has 1 unspecified atom stereocenters. The molecule has 82 valence electrons. The van der Waals surface area contributed by atoms with E-state index in [-0.39, 0.29) is 0 Å². The van der Waals surface area contributed by atoms with Gasteiger partial charge < -0.3 is 10.5 Å². The second kappa shape index (κ2) is 5.39. The standard InChI is InChI=1S/C12H17NO2/c1-9(2)8-11(12(13)14)15-10-6-4-3-5-7-10/h3-7,9,11H,8H2,1-2H3,(H2,13,14). The molecular weight excluding hydrogens is 190 g/mol. The number of benzene rings is 1. The van der Waals surface area contributed by atoms with E-state index in [1.807, 2.05) is 44.2 Å². The van der Waals surface area contributed by atoms with E-state index >= 15 is 0 Å². The highest BCUT2D eigenvalue weighted by atomic mass is 16.5. The van der Waals surface area contributed by atoms with Gasteiger partial charge >= 0.3 is 0 Å². The molecule has 0 aliphatic heterocycles. The molecule has 1 rings (SSSR count). The average molecular weight is 207 g/mol. The number of hydrogen-bond acceptors (Lipinski definition) is 2. The smallest absolute Gasteiger partial charge is 0.258 e. The van der Waals surface area contributed by atoms with E-state index in [9.17, 15) is 4.79 Å². The average Bonchev–Trinajstić information content (AvgIpc) is 2.17. The number of primary amides is 1. The molecule has 3 heteroatoms. The lowest BCUT2D eigenvalue weighted by Gasteiger charge is -2.17. The monoisotopic (exact) mass is 207 g/mol. The number of ether oxygens (including phenoxy) is 1. The van der Waals surface area contributed by atoms with Gasteiger partial charge in [0, 0.05) is 0 Å². The van der Waals surface area contributed by atoms with Crippen LogP contribution in [0, 0.1) is 5.92 Å². The third-order valence-corrected chi connectivity index (χ3v) is 2.02. The molecule has 0 aliphatic carbocycles. The summed E-state index contributed by atoms with van der Waals surface area (Å²) in [5.74, 6) is 0.653. The van der Waals surface area contributed by atoms with Gasteiger partial charge in [-0.2, -0.15) is 0 Å². The predicted molar refractivity (Wildman–Crippen MR) is 59.5 cm³/mol. The van der Waals surface area contributed by atoms with Gasteiger partial charge in [-0.1, -0.05) is 32.0 Å². The van der Waals surface area contributed by atoms with Crippen LogP contribution in [0.15, 0.2) is 30.3 Å². The molecule has 0 bridgehead atoms. The van der Waals surface area contributed by atoms with Crippen LogP contribution in [0.5, 0.6) is 5.75 Å². The van der Waals surface area contributed by atoms with Crippen molar-refractivity contribution in [3.8, 4) is 5.75 Å². The van der Waals surface area contributed by atoms with Crippen LogP contribution in [-0.4, -0.2) is 12.0 Å². The highest BCUT2D eigenvalue weighted by Crippen LogP contribution is 2.15. The molecule has 1 atom stereocenters. The summed E-state index contributed by atoms with van der Waals surface area (Å²) in [6.45, 7) is 4.06. The quantitative estimate of drug-likeness (QED) is 0.802. The minimum absolute atomic E-state index is 0.381. The normalized spacial score (nSPS) is 12.5. The minimum atomic E-state index is -0.535. The Balaban J connectivity index is 2.63. The third kappa shape index (κ3) is 4.02. The van der Waals surface area contributed by atoms with Gasteiger partial charge in [0.1, 0.15) is 5.75 Å². The van der Waals surface area contributed by atoms with Gasteiger partial charge in [-0.05, 0) is 24.5 Å². The minimum Gasteiger partial charge on any atom is -0.481 e. The molecule has 3 nitrogen and oxygen atoms in total. The van der Waals surface area contributed by atoms with E-state index in [0.29, 0.717) is 18.1 Å².